The molecule has 37 heteroatoms. The Morgan fingerprint density at radius 3 is 1.41 bits per heavy atom. The first-order chi connectivity index (χ1) is 53.8. The maximum absolute atomic E-state index is 13.5. The summed E-state index contributed by atoms with van der Waals surface area (Å²) in [6.45, 7) is 17.1. The quantitative estimate of drug-likeness (QED) is 0.0138. The van der Waals surface area contributed by atoms with Gasteiger partial charge in [0.05, 0.1) is 70.8 Å². The predicted molar refractivity (Wildman–Crippen MR) is 426 cm³/mol. The van der Waals surface area contributed by atoms with Gasteiger partial charge in [0.2, 0.25) is 5.95 Å². The summed E-state index contributed by atoms with van der Waals surface area (Å²) in [4.78, 5) is 81.6. The zero-order valence-corrected chi connectivity index (χ0v) is 66.8. The van der Waals surface area contributed by atoms with Crippen LogP contribution in [0.5, 0.6) is 0 Å². The summed E-state index contributed by atoms with van der Waals surface area (Å²) in [6, 6.07) is 36.7. The summed E-state index contributed by atoms with van der Waals surface area (Å²) in [7, 11) is -2.46. The number of hydrogen-bond donors (Lipinski definition) is 7. The van der Waals surface area contributed by atoms with E-state index in [4.69, 9.17) is 20.3 Å². The third-order valence-corrected chi connectivity index (χ3v) is 20.9. The Bertz CT molecular complexity index is 5780. The second-order valence-electron chi connectivity index (χ2n) is 26.2. The number of nitrogens with one attached hydrogen (secondary N) is 6. The highest BCUT2D eigenvalue weighted by Crippen LogP contribution is 2.38. The molecule has 0 unspecified atom stereocenters. The molecule has 1 fully saturated rings. The van der Waals surface area contributed by atoms with E-state index in [1.54, 1.807) is 61.6 Å². The molecule has 1 aliphatic rings. The van der Waals surface area contributed by atoms with Crippen LogP contribution in [0.3, 0.4) is 0 Å². The summed E-state index contributed by atoms with van der Waals surface area (Å²) in [5.74, 6) is -3.11. The number of aromatic nitrogens is 12. The van der Waals surface area contributed by atoms with E-state index < -0.39 is 81.5 Å². The first-order valence-corrected chi connectivity index (χ1v) is 38.5. The van der Waals surface area contributed by atoms with Gasteiger partial charge in [-0.2, -0.15) is 28.6 Å². The minimum Gasteiger partial charge on any atom is -0.399 e. The highest BCUT2D eigenvalue weighted by atomic mass is 127. The van der Waals surface area contributed by atoms with Crippen molar-refractivity contribution in [2.24, 2.45) is 0 Å². The van der Waals surface area contributed by atoms with Crippen molar-refractivity contribution in [1.82, 2.24) is 75.1 Å². The average Bonchev–Trinajstić information content (AvgIpc) is 1.59. The molecule has 1 saturated heterocycles. The number of nitriles is 3. The third kappa shape index (κ3) is 20.7. The SMILES string of the molecule is C[C@H](NC(=O)c1nc(C#N)cnc1F)c1ccc(F)cc1.C[C@H](NC(=O)c1nc(C#N)cnc1N[C@H](C)c1ccc(-c2c[nH]c3ncnc(N)c23)cc1)c1ccc(F)cc1.C[C@H](NC(=O)c1nc(C#N)cnc1N[C@H](C)c1ccc(B2OC(C)(C)C(C)(C)O2)cc1)c1ccc(F)cc1.O=S(=O)=Pn1cc(I)c2c(Br)ncnc21. The number of fused-ring (bicyclic) bond motifs is 2. The van der Waals surface area contributed by atoms with Crippen LogP contribution in [0.15, 0.2) is 170 Å². The number of carbonyl (C=O) groups is 3. The van der Waals surface area contributed by atoms with Crippen molar-refractivity contribution >= 4 is 126 Å². The topological polar surface area (TPSA) is 411 Å². The number of amides is 3. The third-order valence-electron chi connectivity index (χ3n) is 17.9. The molecular weight excluding hydrogens is 1680 g/mol. The zero-order valence-electron chi connectivity index (χ0n) is 61.4. The second-order valence-corrected chi connectivity index (χ2v) is 30.5. The predicted octanol–water partition coefficient (Wildman–Crippen LogP) is 13.5. The van der Waals surface area contributed by atoms with Crippen LogP contribution in [0.1, 0.15) is 169 Å². The van der Waals surface area contributed by atoms with E-state index in [0.717, 1.165) is 59.4 Å². The Morgan fingerprint density at radius 1 is 0.566 bits per heavy atom. The normalized spacial score (nSPS) is 13.8. The monoisotopic (exact) mass is 1740 g/mol. The number of nitrogen functional groups attached to an aromatic ring is 1. The first-order valence-electron chi connectivity index (χ1n) is 34.1. The number of nitrogens with two attached hydrogens (primary N) is 1. The maximum atomic E-state index is 13.5. The van der Waals surface area contributed by atoms with Crippen molar-refractivity contribution in [2.45, 2.75) is 104 Å². The van der Waals surface area contributed by atoms with Crippen molar-refractivity contribution < 1.29 is 49.7 Å². The van der Waals surface area contributed by atoms with Crippen molar-refractivity contribution in [3.63, 3.8) is 0 Å². The van der Waals surface area contributed by atoms with Crippen molar-refractivity contribution in [3.8, 4) is 29.3 Å². The molecule has 7 aromatic heterocycles. The van der Waals surface area contributed by atoms with Gasteiger partial charge in [0.1, 0.15) is 64.4 Å². The van der Waals surface area contributed by atoms with E-state index in [1.807, 2.05) is 108 Å². The summed E-state index contributed by atoms with van der Waals surface area (Å²) in [5, 5.41) is 43.5. The lowest BCUT2D eigenvalue weighted by Gasteiger charge is -2.32. The molecule has 3 amide bonds. The van der Waals surface area contributed by atoms with Gasteiger partial charge < -0.3 is 46.6 Å². The summed E-state index contributed by atoms with van der Waals surface area (Å²) in [6.07, 6.45) is 9.94. The summed E-state index contributed by atoms with van der Waals surface area (Å²) < 4.78 is 89.5. The largest absolute Gasteiger partial charge is 0.494 e. The minimum atomic E-state index is -2.16. The van der Waals surface area contributed by atoms with E-state index in [9.17, 15) is 50.9 Å². The fourth-order valence-electron chi connectivity index (χ4n) is 11.1. The molecule has 13 rings (SSSR count). The molecule has 12 aromatic rings. The van der Waals surface area contributed by atoms with E-state index in [1.165, 1.54) is 73.6 Å². The van der Waals surface area contributed by atoms with Crippen LogP contribution >= 0.6 is 46.0 Å². The molecule has 5 aromatic carbocycles. The number of nitrogens with zero attached hydrogens (tertiary/aromatic N) is 14. The Labute approximate surface area is 669 Å². The smallest absolute Gasteiger partial charge is 0.399 e. The van der Waals surface area contributed by atoms with Gasteiger partial charge in [-0.3, -0.25) is 18.7 Å². The van der Waals surface area contributed by atoms with Crippen LogP contribution in [-0.4, -0.2) is 104 Å². The number of aromatic amines is 1. The Kier molecular flexibility index (Phi) is 27.2. The highest BCUT2D eigenvalue weighted by molar-refractivity contribution is 14.1. The molecule has 113 heavy (non-hydrogen) atoms. The number of H-pyrrole nitrogens is 1. The van der Waals surface area contributed by atoms with E-state index >= 15 is 0 Å². The number of hydrogen-bond acceptors (Lipinski definition) is 23. The zero-order chi connectivity index (χ0) is 81.6. The minimum absolute atomic E-state index is 0.00120. The van der Waals surface area contributed by atoms with Crippen molar-refractivity contribution in [2.75, 3.05) is 16.4 Å². The molecule has 0 aliphatic carbocycles. The van der Waals surface area contributed by atoms with Crippen LogP contribution in [0.4, 0.5) is 35.0 Å². The van der Waals surface area contributed by atoms with Crippen LogP contribution in [0, 0.1) is 61.0 Å². The number of halogens is 6. The van der Waals surface area contributed by atoms with Crippen molar-refractivity contribution in [1.29, 1.82) is 15.8 Å². The van der Waals surface area contributed by atoms with E-state index in [0.29, 0.717) is 27.3 Å². The molecule has 1 aliphatic heterocycles. The van der Waals surface area contributed by atoms with Gasteiger partial charge in [-0.15, -0.1) is 0 Å². The lowest BCUT2D eigenvalue weighted by molar-refractivity contribution is 0.00578. The van der Waals surface area contributed by atoms with Gasteiger partial charge in [0.25, 0.3) is 27.6 Å². The van der Waals surface area contributed by atoms with Crippen LogP contribution < -0.4 is 37.8 Å². The molecule has 0 radical (unpaired) electrons. The number of rotatable bonds is 18. The fourth-order valence-corrected chi connectivity index (χ4v) is 14.2. The molecule has 0 bridgehead atoms. The molecule has 0 spiro atoms. The molecule has 28 nitrogen and oxygen atoms in total. The van der Waals surface area contributed by atoms with E-state index in [-0.39, 0.29) is 71.3 Å². The van der Waals surface area contributed by atoms with Crippen LogP contribution in [-0.2, 0) is 19.2 Å². The molecule has 5 atom stereocenters. The Morgan fingerprint density at radius 2 is 0.965 bits per heavy atom. The van der Waals surface area contributed by atoms with Crippen LogP contribution in [0.25, 0.3) is 33.2 Å². The molecule has 574 valence electrons. The number of benzene rings is 5. The van der Waals surface area contributed by atoms with Gasteiger partial charge in [0, 0.05) is 21.5 Å². The fraction of sp³-hybridized carbons (Fsp3) is 0.211. The van der Waals surface area contributed by atoms with Gasteiger partial charge in [-0.25, -0.2) is 63.0 Å². The molecule has 8 heterocycles. The average molecular weight is 1740 g/mol. The Balaban J connectivity index is 0.000000170. The lowest BCUT2D eigenvalue weighted by Crippen LogP contribution is -2.41. The van der Waals surface area contributed by atoms with Crippen molar-refractivity contribution in [3.05, 3.63) is 259 Å². The standard InChI is InChI=1S/C28H31BFN5O3.C28H24FN9O.C14H10F2N4O.C6H2BrIN3O2PS/c1-17(19-7-11-21(12-8-19)29-37-27(3,4)28(5,6)38-29)33-25-24(35-23(15-31)16-32-25)26(36)34-18(2)20-9-13-22(30)14-10-20;1-15(17-3-5-19(6-4-17)22-13-33-26-23(22)25(31)34-14-35-26)36-27-24(38-21(11-30)12-32-27)28(39)37-16(2)18-7-9-20(29)10-8-18;1-8(9-2-4-10(15)5-3-9)19-14(21)12-13(16)18-7-11(6-17)20-12;7-5-4-3(8)1-11(14-15(12)13)6(4)10-2-9-5/h7-14,16-18H,1-6H3,(H,32,33)(H,34,36);3-10,12-16H,1-2H3,(H,32,36)(H,37,39)(H3,31,33,34,35);2-5,7-8H,1H3,(H,19,21);1-2H/t17-,18+;15-,16+;8-;/m110./s1. The van der Waals surface area contributed by atoms with Gasteiger partial charge >= 0.3 is 7.12 Å². The molecule has 0 saturated carbocycles. The summed E-state index contributed by atoms with van der Waals surface area (Å²) >= 11 is 5.42. The van der Waals surface area contributed by atoms with Crippen LogP contribution in [0.2, 0.25) is 0 Å². The van der Waals surface area contributed by atoms with Gasteiger partial charge in [0.15, 0.2) is 59.0 Å². The first kappa shape index (κ1) is 83.4. The number of anilines is 3. The lowest BCUT2D eigenvalue weighted by atomic mass is 9.78. The Hall–Kier alpha value is -12.1. The molecular formula is C76H67BBrF4IN21O7PS. The highest BCUT2D eigenvalue weighted by Gasteiger charge is 2.51. The molecule has 8 N–H and O–H groups in total. The second kappa shape index (κ2) is 36.8. The van der Waals surface area contributed by atoms with Gasteiger partial charge in [-0.05, 0) is 176 Å². The maximum Gasteiger partial charge on any atom is 0.494 e. The van der Waals surface area contributed by atoms with Gasteiger partial charge in [-0.1, -0.05) is 84.9 Å². The van der Waals surface area contributed by atoms with E-state index in [2.05, 4.69) is 120 Å². The summed E-state index contributed by atoms with van der Waals surface area (Å²) in [5.41, 5.74) is 12.5. The number of carbonyl (C=O) groups excluding carboxylic acids is 3.